The van der Waals surface area contributed by atoms with E-state index < -0.39 is 0 Å². The van der Waals surface area contributed by atoms with Crippen molar-refractivity contribution in [3.05, 3.63) is 16.7 Å². The summed E-state index contributed by atoms with van der Waals surface area (Å²) in [5, 5.41) is 3.02. The van der Waals surface area contributed by atoms with Crippen LogP contribution in [0.5, 0.6) is 0 Å². The van der Waals surface area contributed by atoms with Crippen LogP contribution >= 0.6 is 0 Å². The highest BCUT2D eigenvalue weighted by molar-refractivity contribution is 5.69. The van der Waals surface area contributed by atoms with Crippen molar-refractivity contribution >= 4 is 17.1 Å². The van der Waals surface area contributed by atoms with Gasteiger partial charge in [-0.2, -0.15) is 4.98 Å². The SMILES string of the molecule is O=c1[nH]c(NC2CCCO2)nc2nc[nH]c12. The number of hydrogen-bond donors (Lipinski definition) is 3. The van der Waals surface area contributed by atoms with Crippen molar-refractivity contribution in [2.45, 2.75) is 19.1 Å². The molecule has 2 aromatic rings. The van der Waals surface area contributed by atoms with Crippen LogP contribution in [0.1, 0.15) is 12.8 Å². The lowest BCUT2D eigenvalue weighted by atomic mass is 10.3. The lowest BCUT2D eigenvalue weighted by Gasteiger charge is -2.11. The molecule has 3 heterocycles. The first-order valence-electron chi connectivity index (χ1n) is 5.14. The van der Waals surface area contributed by atoms with Crippen LogP contribution < -0.4 is 10.9 Å². The Kier molecular flexibility index (Phi) is 2.10. The smallest absolute Gasteiger partial charge is 0.278 e. The third-order valence-electron chi connectivity index (χ3n) is 2.52. The zero-order valence-corrected chi connectivity index (χ0v) is 8.49. The lowest BCUT2D eigenvalue weighted by molar-refractivity contribution is 0.131. The molecule has 0 amide bonds. The van der Waals surface area contributed by atoms with Gasteiger partial charge in [-0.1, -0.05) is 0 Å². The number of nitrogens with zero attached hydrogens (tertiary/aromatic N) is 2. The van der Waals surface area contributed by atoms with Gasteiger partial charge in [0.1, 0.15) is 6.23 Å². The minimum atomic E-state index is -0.233. The number of ether oxygens (including phenoxy) is 1. The minimum Gasteiger partial charge on any atom is -0.359 e. The van der Waals surface area contributed by atoms with Crippen molar-refractivity contribution in [1.82, 2.24) is 19.9 Å². The molecule has 7 nitrogen and oxygen atoms in total. The van der Waals surface area contributed by atoms with Gasteiger partial charge in [-0.25, -0.2) is 4.98 Å². The maximum atomic E-state index is 11.6. The first kappa shape index (κ1) is 9.34. The summed E-state index contributed by atoms with van der Waals surface area (Å²) in [5.41, 5.74) is 0.560. The summed E-state index contributed by atoms with van der Waals surface area (Å²) in [6.45, 7) is 0.743. The van der Waals surface area contributed by atoms with Crippen molar-refractivity contribution in [3.63, 3.8) is 0 Å². The fourth-order valence-electron chi connectivity index (χ4n) is 1.76. The number of nitrogens with one attached hydrogen (secondary N) is 3. The average molecular weight is 221 g/mol. The Hall–Kier alpha value is -1.89. The lowest BCUT2D eigenvalue weighted by Crippen LogP contribution is -2.21. The molecule has 0 aliphatic carbocycles. The van der Waals surface area contributed by atoms with Crippen molar-refractivity contribution in [2.24, 2.45) is 0 Å². The number of aromatic amines is 2. The number of imidazole rings is 1. The van der Waals surface area contributed by atoms with Gasteiger partial charge in [0.15, 0.2) is 11.2 Å². The Balaban J connectivity index is 1.94. The van der Waals surface area contributed by atoms with E-state index >= 15 is 0 Å². The second-order valence-corrected chi connectivity index (χ2v) is 3.66. The van der Waals surface area contributed by atoms with E-state index in [0.29, 0.717) is 17.1 Å². The van der Waals surface area contributed by atoms with E-state index in [1.54, 1.807) is 0 Å². The summed E-state index contributed by atoms with van der Waals surface area (Å²) in [7, 11) is 0. The van der Waals surface area contributed by atoms with E-state index in [1.807, 2.05) is 0 Å². The predicted octanol–water partition coefficient (Wildman–Crippen LogP) is 0.195. The van der Waals surface area contributed by atoms with Gasteiger partial charge in [0.25, 0.3) is 5.56 Å². The number of H-pyrrole nitrogens is 2. The molecule has 7 heteroatoms. The molecule has 2 aromatic heterocycles. The number of rotatable bonds is 2. The highest BCUT2D eigenvalue weighted by Gasteiger charge is 2.16. The molecule has 1 aliphatic heterocycles. The van der Waals surface area contributed by atoms with Crippen LogP contribution in [0.3, 0.4) is 0 Å². The van der Waals surface area contributed by atoms with E-state index in [4.69, 9.17) is 4.74 Å². The summed E-state index contributed by atoms with van der Waals surface area (Å²) in [6, 6.07) is 0. The van der Waals surface area contributed by atoms with Gasteiger partial charge in [-0.3, -0.25) is 9.78 Å². The maximum absolute atomic E-state index is 11.6. The van der Waals surface area contributed by atoms with Crippen LogP contribution in [0.25, 0.3) is 11.2 Å². The monoisotopic (exact) mass is 221 g/mol. The van der Waals surface area contributed by atoms with Gasteiger partial charge >= 0.3 is 0 Å². The molecule has 3 N–H and O–H groups in total. The summed E-state index contributed by atoms with van der Waals surface area (Å²) >= 11 is 0. The van der Waals surface area contributed by atoms with Gasteiger partial charge in [0.2, 0.25) is 5.95 Å². The average Bonchev–Trinajstić information content (AvgIpc) is 2.87. The summed E-state index contributed by atoms with van der Waals surface area (Å²) < 4.78 is 5.39. The van der Waals surface area contributed by atoms with Gasteiger partial charge in [0, 0.05) is 6.61 Å². The Morgan fingerprint density at radius 2 is 2.50 bits per heavy atom. The molecule has 1 aliphatic rings. The van der Waals surface area contributed by atoms with Crippen LogP contribution in [-0.4, -0.2) is 32.8 Å². The van der Waals surface area contributed by atoms with Crippen LogP contribution in [0.4, 0.5) is 5.95 Å². The number of fused-ring (bicyclic) bond motifs is 1. The summed E-state index contributed by atoms with van der Waals surface area (Å²) in [5.74, 6) is 0.400. The molecule has 1 saturated heterocycles. The molecule has 0 radical (unpaired) electrons. The Morgan fingerprint density at radius 3 is 3.31 bits per heavy atom. The van der Waals surface area contributed by atoms with Crippen molar-refractivity contribution < 1.29 is 4.74 Å². The first-order chi connectivity index (χ1) is 7.83. The molecular formula is C9H11N5O2. The minimum absolute atomic E-state index is 0.0699. The largest absolute Gasteiger partial charge is 0.359 e. The quantitative estimate of drug-likeness (QED) is 0.673. The Bertz CT molecular complexity index is 554. The fraction of sp³-hybridized carbons (Fsp3) is 0.444. The molecule has 0 saturated carbocycles. The van der Waals surface area contributed by atoms with E-state index in [-0.39, 0.29) is 11.8 Å². The van der Waals surface area contributed by atoms with E-state index in [2.05, 4.69) is 25.3 Å². The molecule has 84 valence electrons. The van der Waals surface area contributed by atoms with E-state index in [1.165, 1.54) is 6.33 Å². The highest BCUT2D eigenvalue weighted by Crippen LogP contribution is 2.13. The number of anilines is 1. The molecule has 1 fully saturated rings. The van der Waals surface area contributed by atoms with Crippen LogP contribution in [0, 0.1) is 0 Å². The van der Waals surface area contributed by atoms with Gasteiger partial charge in [-0.15, -0.1) is 0 Å². The molecule has 16 heavy (non-hydrogen) atoms. The van der Waals surface area contributed by atoms with Gasteiger partial charge < -0.3 is 15.0 Å². The van der Waals surface area contributed by atoms with Crippen LogP contribution in [-0.2, 0) is 4.74 Å². The molecule has 0 spiro atoms. The van der Waals surface area contributed by atoms with E-state index in [9.17, 15) is 4.79 Å². The van der Waals surface area contributed by atoms with E-state index in [0.717, 1.165) is 19.4 Å². The topological polar surface area (TPSA) is 95.7 Å². The van der Waals surface area contributed by atoms with Crippen LogP contribution in [0.2, 0.25) is 0 Å². The Morgan fingerprint density at radius 1 is 1.56 bits per heavy atom. The van der Waals surface area contributed by atoms with Crippen molar-refractivity contribution in [1.29, 1.82) is 0 Å². The normalized spacial score (nSPS) is 20.4. The van der Waals surface area contributed by atoms with Crippen LogP contribution in [0.15, 0.2) is 11.1 Å². The zero-order valence-electron chi connectivity index (χ0n) is 8.49. The zero-order chi connectivity index (χ0) is 11.0. The maximum Gasteiger partial charge on any atom is 0.278 e. The third-order valence-corrected chi connectivity index (χ3v) is 2.52. The number of hydrogen-bond acceptors (Lipinski definition) is 5. The third kappa shape index (κ3) is 1.54. The van der Waals surface area contributed by atoms with Gasteiger partial charge in [-0.05, 0) is 12.8 Å². The molecule has 1 atom stereocenters. The van der Waals surface area contributed by atoms with Crippen molar-refractivity contribution in [2.75, 3.05) is 11.9 Å². The van der Waals surface area contributed by atoms with Crippen molar-refractivity contribution in [3.8, 4) is 0 Å². The highest BCUT2D eigenvalue weighted by atomic mass is 16.5. The molecule has 1 unspecified atom stereocenters. The molecule has 3 rings (SSSR count). The fourth-order valence-corrected chi connectivity index (χ4v) is 1.76. The Labute approximate surface area is 90.3 Å². The second kappa shape index (κ2) is 3.60. The summed E-state index contributed by atoms with van der Waals surface area (Å²) in [6.07, 6.45) is 3.32. The molecule has 0 aromatic carbocycles. The molecular weight excluding hydrogens is 210 g/mol. The molecule has 0 bridgehead atoms. The second-order valence-electron chi connectivity index (χ2n) is 3.66. The number of aromatic nitrogens is 4. The van der Waals surface area contributed by atoms with Gasteiger partial charge in [0.05, 0.1) is 6.33 Å². The standard InChI is InChI=1S/C9H11N5O2/c15-8-6-7(11-4-10-6)13-9(14-8)12-5-2-1-3-16-5/h4-5H,1-3H2,(H3,10,11,12,13,14,15). The first-order valence-corrected chi connectivity index (χ1v) is 5.14. The summed E-state index contributed by atoms with van der Waals surface area (Å²) in [4.78, 5) is 25.1. The predicted molar refractivity (Wildman–Crippen MR) is 57.1 cm³/mol.